The topological polar surface area (TPSA) is 82.2 Å². The average Bonchev–Trinajstić information content (AvgIpc) is 3.11. The van der Waals surface area contributed by atoms with Crippen molar-refractivity contribution in [2.75, 3.05) is 19.6 Å². The Labute approximate surface area is 158 Å². The van der Waals surface area contributed by atoms with Crippen LogP contribution in [0.2, 0.25) is 0 Å². The highest BCUT2D eigenvalue weighted by Gasteiger charge is 2.43. The first-order valence-electron chi connectivity index (χ1n) is 9.52. The van der Waals surface area contributed by atoms with Gasteiger partial charge in [0, 0.05) is 56.1 Å². The number of aromatic amines is 1. The van der Waals surface area contributed by atoms with E-state index in [2.05, 4.69) is 15.0 Å². The number of piperidine rings is 2. The van der Waals surface area contributed by atoms with E-state index in [0.717, 1.165) is 37.1 Å². The van der Waals surface area contributed by atoms with Gasteiger partial charge in [-0.15, -0.1) is 0 Å². The van der Waals surface area contributed by atoms with Gasteiger partial charge in [-0.2, -0.15) is 0 Å². The van der Waals surface area contributed by atoms with Gasteiger partial charge in [0.2, 0.25) is 5.91 Å². The smallest absolute Gasteiger partial charge is 0.274 e. The number of nitrogens with zero attached hydrogens (tertiary/aromatic N) is 4. The lowest BCUT2D eigenvalue weighted by atomic mass is 9.73. The summed E-state index contributed by atoms with van der Waals surface area (Å²) in [5, 5.41) is 0. The zero-order chi connectivity index (χ0) is 18.9. The van der Waals surface area contributed by atoms with Gasteiger partial charge >= 0.3 is 0 Å². The third-order valence-electron chi connectivity index (χ3n) is 5.85. The second-order valence-electron chi connectivity index (χ2n) is 7.81. The fourth-order valence-corrected chi connectivity index (χ4v) is 4.39. The van der Waals surface area contributed by atoms with E-state index in [1.54, 1.807) is 18.7 Å². The first kappa shape index (κ1) is 17.7. The fraction of sp³-hybridized carbons (Fsp3) is 0.500. The molecule has 4 rings (SSSR count). The van der Waals surface area contributed by atoms with Crippen LogP contribution >= 0.6 is 0 Å². The number of pyridine rings is 1. The van der Waals surface area contributed by atoms with Gasteiger partial charge in [0.05, 0.1) is 6.33 Å². The minimum absolute atomic E-state index is 0.00888. The first-order chi connectivity index (χ1) is 13.1. The van der Waals surface area contributed by atoms with Crippen LogP contribution in [0, 0.1) is 12.3 Å². The molecule has 2 aliphatic rings. The summed E-state index contributed by atoms with van der Waals surface area (Å²) in [5.74, 6) is 0.189. The van der Waals surface area contributed by atoms with Crippen LogP contribution in [0.5, 0.6) is 0 Å². The largest absolute Gasteiger partial charge is 0.348 e. The zero-order valence-electron chi connectivity index (χ0n) is 15.6. The van der Waals surface area contributed by atoms with Gasteiger partial charge in [-0.25, -0.2) is 4.98 Å². The highest BCUT2D eigenvalue weighted by molar-refractivity contribution is 5.93. The number of amides is 2. The molecule has 0 saturated carbocycles. The van der Waals surface area contributed by atoms with Gasteiger partial charge < -0.3 is 14.8 Å². The number of hydrogen-bond acceptors (Lipinski definition) is 4. The summed E-state index contributed by atoms with van der Waals surface area (Å²) >= 11 is 0. The first-order valence-corrected chi connectivity index (χ1v) is 9.52. The number of carbonyl (C=O) groups excluding carboxylic acids is 2. The van der Waals surface area contributed by atoms with Crippen molar-refractivity contribution >= 4 is 11.8 Å². The molecule has 2 aliphatic heterocycles. The number of aromatic nitrogens is 3. The number of carbonyl (C=O) groups is 2. The van der Waals surface area contributed by atoms with Gasteiger partial charge in [0.1, 0.15) is 5.69 Å². The lowest BCUT2D eigenvalue weighted by Gasteiger charge is -2.48. The van der Waals surface area contributed by atoms with E-state index in [-0.39, 0.29) is 17.2 Å². The third kappa shape index (κ3) is 3.59. The Hall–Kier alpha value is -2.70. The molecule has 1 unspecified atom stereocenters. The molecular weight excluding hydrogens is 342 g/mol. The van der Waals surface area contributed by atoms with Crippen LogP contribution in [0.15, 0.2) is 30.9 Å². The van der Waals surface area contributed by atoms with Crippen LogP contribution in [0.4, 0.5) is 0 Å². The Morgan fingerprint density at radius 2 is 2.07 bits per heavy atom. The van der Waals surface area contributed by atoms with Gasteiger partial charge in [0.15, 0.2) is 0 Å². The Bertz CT molecular complexity index is 834. The molecule has 2 aromatic heterocycles. The zero-order valence-corrected chi connectivity index (χ0v) is 15.6. The van der Waals surface area contributed by atoms with E-state index < -0.39 is 0 Å². The molecule has 27 heavy (non-hydrogen) atoms. The van der Waals surface area contributed by atoms with Crippen molar-refractivity contribution in [3.63, 3.8) is 0 Å². The molecule has 7 nitrogen and oxygen atoms in total. The van der Waals surface area contributed by atoms with Crippen molar-refractivity contribution in [2.45, 2.75) is 39.2 Å². The minimum Gasteiger partial charge on any atom is -0.348 e. The van der Waals surface area contributed by atoms with E-state index in [1.807, 2.05) is 28.9 Å². The summed E-state index contributed by atoms with van der Waals surface area (Å²) in [6.07, 6.45) is 8.50. The average molecular weight is 367 g/mol. The van der Waals surface area contributed by atoms with Gasteiger partial charge in [-0.05, 0) is 43.9 Å². The van der Waals surface area contributed by atoms with Gasteiger partial charge in [-0.1, -0.05) is 0 Å². The number of nitrogens with one attached hydrogen (secondary N) is 1. The number of imidazole rings is 1. The molecule has 0 aliphatic carbocycles. The van der Waals surface area contributed by atoms with Crippen molar-refractivity contribution in [1.82, 2.24) is 24.8 Å². The molecule has 0 bridgehead atoms. The number of rotatable bonds is 3. The SMILES string of the molecule is Cc1[nH]cnc1C(=O)N1CCCC2(CCC(=O)N(Cc3ccncc3)C2)C1. The number of H-pyrrole nitrogens is 1. The highest BCUT2D eigenvalue weighted by atomic mass is 16.2. The Morgan fingerprint density at radius 3 is 2.81 bits per heavy atom. The predicted molar refractivity (Wildman–Crippen MR) is 99.8 cm³/mol. The molecule has 2 amide bonds. The highest BCUT2D eigenvalue weighted by Crippen LogP contribution is 2.39. The van der Waals surface area contributed by atoms with Gasteiger partial charge in [0.25, 0.3) is 5.91 Å². The predicted octanol–water partition coefficient (Wildman–Crippen LogP) is 2.16. The maximum Gasteiger partial charge on any atom is 0.274 e. The molecule has 1 spiro atoms. The molecule has 4 heterocycles. The van der Waals surface area contributed by atoms with E-state index in [4.69, 9.17) is 0 Å². The number of likely N-dealkylation sites (tertiary alicyclic amines) is 2. The van der Waals surface area contributed by atoms with E-state index in [0.29, 0.717) is 31.7 Å². The summed E-state index contributed by atoms with van der Waals surface area (Å²) < 4.78 is 0. The molecular formula is C20H25N5O2. The van der Waals surface area contributed by atoms with Crippen molar-refractivity contribution < 1.29 is 9.59 Å². The molecule has 1 atom stereocenters. The number of hydrogen-bond donors (Lipinski definition) is 1. The van der Waals surface area contributed by atoms with Crippen LogP contribution in [-0.2, 0) is 11.3 Å². The monoisotopic (exact) mass is 367 g/mol. The second kappa shape index (κ2) is 7.13. The summed E-state index contributed by atoms with van der Waals surface area (Å²) in [5.41, 5.74) is 2.38. The standard InChI is InChI=1S/C20H25N5O2/c1-15-18(23-14-22-15)19(27)24-10-2-6-20(12-24)7-3-17(26)25(13-20)11-16-4-8-21-9-5-16/h4-5,8-9,14H,2-3,6-7,10-13H2,1H3,(H,22,23). The van der Waals surface area contributed by atoms with Crippen molar-refractivity contribution in [3.8, 4) is 0 Å². The Morgan fingerprint density at radius 1 is 1.26 bits per heavy atom. The van der Waals surface area contributed by atoms with Crippen LogP contribution in [0.3, 0.4) is 0 Å². The molecule has 2 aromatic rings. The van der Waals surface area contributed by atoms with Crippen molar-refractivity contribution in [1.29, 1.82) is 0 Å². The minimum atomic E-state index is -0.0148. The summed E-state index contributed by atoms with van der Waals surface area (Å²) in [6.45, 7) is 4.63. The van der Waals surface area contributed by atoms with E-state index in [1.165, 1.54) is 0 Å². The maximum atomic E-state index is 12.9. The van der Waals surface area contributed by atoms with Crippen molar-refractivity contribution in [2.24, 2.45) is 5.41 Å². The quantitative estimate of drug-likeness (QED) is 0.901. The molecule has 0 radical (unpaired) electrons. The maximum absolute atomic E-state index is 12.9. The van der Waals surface area contributed by atoms with Crippen LogP contribution in [-0.4, -0.2) is 56.2 Å². The Kier molecular flexibility index (Phi) is 4.68. The summed E-state index contributed by atoms with van der Waals surface area (Å²) in [7, 11) is 0. The molecule has 7 heteroatoms. The van der Waals surface area contributed by atoms with E-state index in [9.17, 15) is 9.59 Å². The molecule has 1 N–H and O–H groups in total. The van der Waals surface area contributed by atoms with Gasteiger partial charge in [-0.3, -0.25) is 14.6 Å². The lowest BCUT2D eigenvalue weighted by Crippen LogP contribution is -2.54. The summed E-state index contributed by atoms with van der Waals surface area (Å²) in [6, 6.07) is 3.90. The Balaban J connectivity index is 1.49. The summed E-state index contributed by atoms with van der Waals surface area (Å²) in [4.78, 5) is 40.5. The normalized spacial score (nSPS) is 23.1. The van der Waals surface area contributed by atoms with Crippen LogP contribution in [0.1, 0.15) is 47.4 Å². The van der Waals surface area contributed by atoms with E-state index >= 15 is 0 Å². The molecule has 2 fully saturated rings. The van der Waals surface area contributed by atoms with Crippen molar-refractivity contribution in [3.05, 3.63) is 47.8 Å². The molecule has 0 aromatic carbocycles. The molecule has 2 saturated heterocycles. The lowest BCUT2D eigenvalue weighted by molar-refractivity contribution is -0.139. The van der Waals surface area contributed by atoms with Crippen LogP contribution in [0.25, 0.3) is 0 Å². The number of aryl methyl sites for hydroxylation is 1. The van der Waals surface area contributed by atoms with Crippen LogP contribution < -0.4 is 0 Å². The fourth-order valence-electron chi connectivity index (χ4n) is 4.39. The third-order valence-corrected chi connectivity index (χ3v) is 5.85. The molecule has 142 valence electrons. The second-order valence-corrected chi connectivity index (χ2v) is 7.81.